The lowest BCUT2D eigenvalue weighted by Crippen LogP contribution is -2.31. The highest BCUT2D eigenvalue weighted by atomic mass is 35.5. The zero-order chi connectivity index (χ0) is 20.6. The van der Waals surface area contributed by atoms with Crippen LogP contribution >= 0.6 is 23.2 Å². The maximum Gasteiger partial charge on any atom is 0.124 e. The fraction of sp³-hybridized carbons (Fsp3) is 0.304. The van der Waals surface area contributed by atoms with Gasteiger partial charge in [0.15, 0.2) is 0 Å². The van der Waals surface area contributed by atoms with Crippen molar-refractivity contribution in [3.05, 3.63) is 75.8 Å². The second kappa shape index (κ2) is 10.8. The summed E-state index contributed by atoms with van der Waals surface area (Å²) in [7, 11) is 0. The number of aliphatic hydroxyl groups excluding tert-OH is 1. The first-order chi connectivity index (χ1) is 14.0. The van der Waals surface area contributed by atoms with Crippen LogP contribution in [0.4, 0.5) is 0 Å². The van der Waals surface area contributed by atoms with Crippen molar-refractivity contribution in [2.75, 3.05) is 19.6 Å². The molecule has 0 aliphatic heterocycles. The third-order valence-corrected chi connectivity index (χ3v) is 5.20. The van der Waals surface area contributed by atoms with Crippen LogP contribution in [0, 0.1) is 0 Å². The summed E-state index contributed by atoms with van der Waals surface area (Å²) in [5.41, 5.74) is 2.01. The minimum atomic E-state index is -0.340. The van der Waals surface area contributed by atoms with Gasteiger partial charge in [0.1, 0.15) is 12.4 Å². The SMILES string of the molecule is C[C@@H](O)CNCCNCc1c(OCc2ccc(Cl)cc2Cl)ccc2ccccc12. The predicted octanol–water partition coefficient (Wildman–Crippen LogP) is 4.79. The van der Waals surface area contributed by atoms with Gasteiger partial charge in [0.25, 0.3) is 0 Å². The number of rotatable bonds is 10. The van der Waals surface area contributed by atoms with Crippen molar-refractivity contribution < 1.29 is 9.84 Å². The fourth-order valence-electron chi connectivity index (χ4n) is 3.13. The smallest absolute Gasteiger partial charge is 0.124 e. The predicted molar refractivity (Wildman–Crippen MR) is 121 cm³/mol. The zero-order valence-corrected chi connectivity index (χ0v) is 17.9. The highest BCUT2D eigenvalue weighted by molar-refractivity contribution is 6.35. The van der Waals surface area contributed by atoms with E-state index in [1.54, 1.807) is 13.0 Å². The van der Waals surface area contributed by atoms with Gasteiger partial charge in [-0.1, -0.05) is 59.6 Å². The molecule has 0 amide bonds. The van der Waals surface area contributed by atoms with E-state index in [9.17, 15) is 5.11 Å². The summed E-state index contributed by atoms with van der Waals surface area (Å²) < 4.78 is 6.15. The van der Waals surface area contributed by atoms with Crippen LogP contribution in [0.2, 0.25) is 10.0 Å². The largest absolute Gasteiger partial charge is 0.488 e. The molecule has 6 heteroatoms. The van der Waals surface area contributed by atoms with E-state index in [1.165, 1.54) is 5.39 Å². The molecular formula is C23H26Cl2N2O2. The standard InChI is InChI=1S/C23H26Cl2N2O2/c1-16(28)13-26-10-11-27-14-21-20-5-3-2-4-17(20)7-9-23(21)29-15-18-6-8-19(24)12-22(18)25/h2-9,12,16,26-28H,10-11,13-15H2,1H3/t16-/m1/s1. The molecule has 0 radical (unpaired) electrons. The molecular weight excluding hydrogens is 407 g/mol. The number of fused-ring (bicyclic) bond motifs is 1. The Kier molecular flexibility index (Phi) is 8.16. The quantitative estimate of drug-likeness (QED) is 0.403. The van der Waals surface area contributed by atoms with Gasteiger partial charge >= 0.3 is 0 Å². The Labute approximate surface area is 181 Å². The average Bonchev–Trinajstić information content (AvgIpc) is 2.70. The van der Waals surface area contributed by atoms with E-state index < -0.39 is 0 Å². The van der Waals surface area contributed by atoms with Crippen molar-refractivity contribution in [3.63, 3.8) is 0 Å². The molecule has 0 saturated heterocycles. The van der Waals surface area contributed by atoms with E-state index in [-0.39, 0.29) is 6.10 Å². The van der Waals surface area contributed by atoms with Gasteiger partial charge in [-0.3, -0.25) is 0 Å². The van der Waals surface area contributed by atoms with Crippen molar-refractivity contribution in [3.8, 4) is 5.75 Å². The molecule has 4 nitrogen and oxygen atoms in total. The molecule has 3 N–H and O–H groups in total. The van der Waals surface area contributed by atoms with Gasteiger partial charge < -0.3 is 20.5 Å². The summed E-state index contributed by atoms with van der Waals surface area (Å²) in [6.07, 6.45) is -0.340. The van der Waals surface area contributed by atoms with Crippen LogP contribution in [0.15, 0.2) is 54.6 Å². The minimum Gasteiger partial charge on any atom is -0.488 e. The molecule has 0 bridgehead atoms. The topological polar surface area (TPSA) is 53.5 Å². The van der Waals surface area contributed by atoms with Crippen LogP contribution in [-0.4, -0.2) is 30.8 Å². The number of nitrogens with one attached hydrogen (secondary N) is 2. The van der Waals surface area contributed by atoms with Crippen LogP contribution in [0.5, 0.6) is 5.75 Å². The van der Waals surface area contributed by atoms with E-state index in [0.29, 0.717) is 29.7 Å². The van der Waals surface area contributed by atoms with E-state index in [1.807, 2.05) is 30.3 Å². The number of benzene rings is 3. The Morgan fingerprint density at radius 3 is 2.59 bits per heavy atom. The van der Waals surface area contributed by atoms with Crippen molar-refractivity contribution in [2.45, 2.75) is 26.2 Å². The summed E-state index contributed by atoms with van der Waals surface area (Å²) in [6.45, 7) is 4.99. The van der Waals surface area contributed by atoms with Gasteiger partial charge in [0, 0.05) is 47.4 Å². The Morgan fingerprint density at radius 2 is 1.79 bits per heavy atom. The Morgan fingerprint density at radius 1 is 1.00 bits per heavy atom. The number of ether oxygens (including phenoxy) is 1. The molecule has 0 fully saturated rings. The molecule has 3 aromatic carbocycles. The molecule has 0 aliphatic rings. The lowest BCUT2D eigenvalue weighted by Gasteiger charge is -2.16. The van der Waals surface area contributed by atoms with Gasteiger partial charge in [-0.05, 0) is 35.9 Å². The molecule has 0 heterocycles. The van der Waals surface area contributed by atoms with Crippen LogP contribution in [0.1, 0.15) is 18.1 Å². The Hall–Kier alpha value is -1.82. The van der Waals surface area contributed by atoms with E-state index in [4.69, 9.17) is 27.9 Å². The second-order valence-corrected chi connectivity index (χ2v) is 7.86. The molecule has 0 aliphatic carbocycles. The van der Waals surface area contributed by atoms with Crippen LogP contribution in [-0.2, 0) is 13.2 Å². The number of aliphatic hydroxyl groups is 1. The number of hydrogen-bond donors (Lipinski definition) is 3. The molecule has 0 unspecified atom stereocenters. The lowest BCUT2D eigenvalue weighted by molar-refractivity contribution is 0.191. The second-order valence-electron chi connectivity index (χ2n) is 7.02. The van der Waals surface area contributed by atoms with Gasteiger partial charge in [-0.2, -0.15) is 0 Å². The minimum absolute atomic E-state index is 0.340. The van der Waals surface area contributed by atoms with Gasteiger partial charge in [-0.25, -0.2) is 0 Å². The molecule has 0 aromatic heterocycles. The van der Waals surface area contributed by atoms with Crippen molar-refractivity contribution in [2.24, 2.45) is 0 Å². The Balaban J connectivity index is 1.71. The average molecular weight is 433 g/mol. The van der Waals surface area contributed by atoms with Gasteiger partial charge in [-0.15, -0.1) is 0 Å². The summed E-state index contributed by atoms with van der Waals surface area (Å²) in [6, 6.07) is 17.8. The van der Waals surface area contributed by atoms with Crippen molar-refractivity contribution in [1.29, 1.82) is 0 Å². The van der Waals surface area contributed by atoms with Crippen molar-refractivity contribution >= 4 is 34.0 Å². The first-order valence-electron chi connectivity index (χ1n) is 9.71. The summed E-state index contributed by atoms with van der Waals surface area (Å²) in [4.78, 5) is 0. The van der Waals surface area contributed by atoms with E-state index in [0.717, 1.165) is 35.4 Å². The zero-order valence-electron chi connectivity index (χ0n) is 16.4. The van der Waals surface area contributed by atoms with E-state index >= 15 is 0 Å². The monoisotopic (exact) mass is 432 g/mol. The van der Waals surface area contributed by atoms with Crippen LogP contribution in [0.3, 0.4) is 0 Å². The number of hydrogen-bond acceptors (Lipinski definition) is 4. The first kappa shape index (κ1) is 21.9. The third kappa shape index (κ3) is 6.33. The third-order valence-electron chi connectivity index (χ3n) is 4.62. The highest BCUT2D eigenvalue weighted by Gasteiger charge is 2.10. The van der Waals surface area contributed by atoms with Gasteiger partial charge in [0.2, 0.25) is 0 Å². The van der Waals surface area contributed by atoms with Crippen LogP contribution in [0.25, 0.3) is 10.8 Å². The van der Waals surface area contributed by atoms with Crippen LogP contribution < -0.4 is 15.4 Å². The molecule has 3 rings (SSSR count). The first-order valence-corrected chi connectivity index (χ1v) is 10.5. The molecule has 29 heavy (non-hydrogen) atoms. The summed E-state index contributed by atoms with van der Waals surface area (Å²) in [5, 5.41) is 19.5. The van der Waals surface area contributed by atoms with E-state index in [2.05, 4.69) is 28.8 Å². The summed E-state index contributed by atoms with van der Waals surface area (Å²) >= 11 is 12.3. The Bertz CT molecular complexity index is 947. The normalized spacial score (nSPS) is 12.3. The lowest BCUT2D eigenvalue weighted by atomic mass is 10.0. The summed E-state index contributed by atoms with van der Waals surface area (Å²) in [5.74, 6) is 0.833. The molecule has 3 aromatic rings. The maximum atomic E-state index is 9.31. The molecule has 1 atom stereocenters. The molecule has 154 valence electrons. The number of halogens is 2. The fourth-order valence-corrected chi connectivity index (χ4v) is 3.59. The molecule has 0 spiro atoms. The molecule has 0 saturated carbocycles. The maximum absolute atomic E-state index is 9.31. The van der Waals surface area contributed by atoms with Crippen molar-refractivity contribution in [1.82, 2.24) is 10.6 Å². The highest BCUT2D eigenvalue weighted by Crippen LogP contribution is 2.30. The van der Waals surface area contributed by atoms with Gasteiger partial charge in [0.05, 0.1) is 6.10 Å².